The highest BCUT2D eigenvalue weighted by Crippen LogP contribution is 2.40. The van der Waals surface area contributed by atoms with Crippen molar-refractivity contribution in [3.8, 4) is 5.82 Å². The predicted octanol–water partition coefficient (Wildman–Crippen LogP) is 2.79. The first-order chi connectivity index (χ1) is 14.1. The van der Waals surface area contributed by atoms with Crippen LogP contribution in [-0.4, -0.2) is 42.8 Å². The summed E-state index contributed by atoms with van der Waals surface area (Å²) in [4.78, 5) is 20.5. The number of nitrogens with zero attached hydrogens (tertiary/aromatic N) is 4. The van der Waals surface area contributed by atoms with E-state index in [4.69, 9.17) is 0 Å². The number of rotatable bonds is 6. The Morgan fingerprint density at radius 3 is 2.50 bits per heavy atom. The van der Waals surface area contributed by atoms with Crippen molar-refractivity contribution in [3.05, 3.63) is 65.6 Å². The van der Waals surface area contributed by atoms with E-state index >= 15 is 0 Å². The first-order valence-corrected chi connectivity index (χ1v) is 9.21. The molecule has 3 rings (SSSR count). The quantitative estimate of drug-likeness (QED) is 0.641. The lowest BCUT2D eigenvalue weighted by molar-refractivity contribution is -0.272. The first-order valence-electron chi connectivity index (χ1n) is 9.21. The minimum atomic E-state index is -4.95. The third kappa shape index (κ3) is 3.82. The fourth-order valence-corrected chi connectivity index (χ4v) is 3.43. The van der Waals surface area contributed by atoms with E-state index in [0.717, 1.165) is 10.3 Å². The molecule has 1 amide bonds. The van der Waals surface area contributed by atoms with E-state index in [1.807, 2.05) is 13.0 Å². The maximum absolute atomic E-state index is 13.6. The van der Waals surface area contributed by atoms with E-state index < -0.39 is 36.5 Å². The van der Waals surface area contributed by atoms with Crippen LogP contribution in [0.1, 0.15) is 34.0 Å². The van der Waals surface area contributed by atoms with Crippen molar-refractivity contribution in [2.45, 2.75) is 32.0 Å². The van der Waals surface area contributed by atoms with Gasteiger partial charge in [0.1, 0.15) is 11.6 Å². The molecule has 3 heterocycles. The summed E-state index contributed by atoms with van der Waals surface area (Å²) < 4.78 is 43.6. The number of aliphatic hydroxyl groups is 1. The molecule has 0 aliphatic rings. The number of pyridine rings is 1. The van der Waals surface area contributed by atoms with Gasteiger partial charge in [0, 0.05) is 50.0 Å². The fraction of sp³-hybridized carbons (Fsp3) is 0.350. The van der Waals surface area contributed by atoms with Crippen molar-refractivity contribution in [3.63, 3.8) is 0 Å². The van der Waals surface area contributed by atoms with Crippen LogP contribution in [0.4, 0.5) is 13.2 Å². The Balaban J connectivity index is 1.77. The number of nitrogens with one attached hydrogen (secondary N) is 1. The van der Waals surface area contributed by atoms with Crippen molar-refractivity contribution in [1.29, 1.82) is 0 Å². The summed E-state index contributed by atoms with van der Waals surface area (Å²) in [5.41, 5.74) is -1.48. The Hall–Kier alpha value is -3.14. The molecular weight excluding hydrogens is 399 g/mol. The molecule has 10 heteroatoms. The maximum Gasteiger partial charge on any atom is 0.424 e. The molecule has 160 valence electrons. The van der Waals surface area contributed by atoms with Gasteiger partial charge in [-0.25, -0.2) is 9.97 Å². The standard InChI is InChI=1S/C20H22F3N5O2/c1-13-12-15(14(2)28(13)16-6-4-5-8-24-16)17(29)25-9-7-19(30,20(21,22)23)18-26-10-11-27(18)3/h4-6,8,10-12,30H,7,9H2,1-3H3,(H,25,29). The molecule has 7 nitrogen and oxygen atoms in total. The molecule has 1 atom stereocenters. The van der Waals surface area contributed by atoms with Crippen molar-refractivity contribution in [1.82, 2.24) is 24.4 Å². The molecule has 0 saturated carbocycles. The molecule has 1 unspecified atom stereocenters. The lowest BCUT2D eigenvalue weighted by Gasteiger charge is -2.29. The Bertz CT molecular complexity index is 1040. The SMILES string of the molecule is Cc1cc(C(=O)NCCC(O)(c2nccn2C)C(F)(F)F)c(C)n1-c1ccccn1. The van der Waals surface area contributed by atoms with Crippen molar-refractivity contribution < 1.29 is 23.1 Å². The number of imidazole rings is 1. The number of amides is 1. The summed E-state index contributed by atoms with van der Waals surface area (Å²) in [5, 5.41) is 12.8. The zero-order valence-electron chi connectivity index (χ0n) is 16.7. The Labute approximate surface area is 171 Å². The fourth-order valence-electron chi connectivity index (χ4n) is 3.43. The highest BCUT2D eigenvalue weighted by molar-refractivity contribution is 5.95. The van der Waals surface area contributed by atoms with Crippen LogP contribution in [-0.2, 0) is 12.6 Å². The van der Waals surface area contributed by atoms with Crippen LogP contribution in [0.25, 0.3) is 5.82 Å². The second kappa shape index (κ2) is 7.94. The molecule has 0 fully saturated rings. The van der Waals surface area contributed by atoms with Gasteiger partial charge in [-0.2, -0.15) is 13.2 Å². The third-order valence-electron chi connectivity index (χ3n) is 4.99. The van der Waals surface area contributed by atoms with E-state index in [9.17, 15) is 23.1 Å². The van der Waals surface area contributed by atoms with Crippen LogP contribution in [0.15, 0.2) is 42.9 Å². The number of alkyl halides is 3. The van der Waals surface area contributed by atoms with Crippen LogP contribution in [0.2, 0.25) is 0 Å². The second-order valence-electron chi connectivity index (χ2n) is 7.03. The molecule has 3 aromatic rings. The smallest absolute Gasteiger partial charge is 0.374 e. The van der Waals surface area contributed by atoms with E-state index in [2.05, 4.69) is 15.3 Å². The highest BCUT2D eigenvalue weighted by atomic mass is 19.4. The van der Waals surface area contributed by atoms with Crippen LogP contribution < -0.4 is 5.32 Å². The van der Waals surface area contributed by atoms with Crippen LogP contribution in [0.5, 0.6) is 0 Å². The molecule has 2 N–H and O–H groups in total. The Morgan fingerprint density at radius 1 is 1.20 bits per heavy atom. The van der Waals surface area contributed by atoms with Crippen LogP contribution in [0.3, 0.4) is 0 Å². The molecule has 0 aliphatic heterocycles. The predicted molar refractivity (Wildman–Crippen MR) is 103 cm³/mol. The third-order valence-corrected chi connectivity index (χ3v) is 4.99. The van der Waals surface area contributed by atoms with Gasteiger partial charge in [-0.15, -0.1) is 0 Å². The van der Waals surface area contributed by atoms with Gasteiger partial charge in [-0.3, -0.25) is 4.79 Å². The monoisotopic (exact) mass is 421 g/mol. The summed E-state index contributed by atoms with van der Waals surface area (Å²) in [5.74, 6) is -0.431. The van der Waals surface area contributed by atoms with Gasteiger partial charge in [-0.05, 0) is 32.0 Å². The summed E-state index contributed by atoms with van der Waals surface area (Å²) in [7, 11) is 1.37. The molecular formula is C20H22F3N5O2. The van der Waals surface area contributed by atoms with E-state index in [0.29, 0.717) is 17.1 Å². The molecule has 0 aliphatic carbocycles. The maximum atomic E-state index is 13.6. The van der Waals surface area contributed by atoms with Gasteiger partial charge in [0.15, 0.2) is 0 Å². The molecule has 0 spiro atoms. The summed E-state index contributed by atoms with van der Waals surface area (Å²) in [6, 6.07) is 7.03. The first kappa shape index (κ1) is 21.6. The molecule has 0 radical (unpaired) electrons. The van der Waals surface area contributed by atoms with Crippen LogP contribution in [0, 0.1) is 13.8 Å². The largest absolute Gasteiger partial charge is 0.424 e. The van der Waals surface area contributed by atoms with Gasteiger partial charge in [0.25, 0.3) is 5.91 Å². The number of carbonyl (C=O) groups is 1. The molecule has 0 saturated heterocycles. The normalized spacial score (nSPS) is 13.8. The summed E-state index contributed by atoms with van der Waals surface area (Å²) in [6.45, 7) is 3.15. The van der Waals surface area contributed by atoms with Gasteiger partial charge in [0.05, 0.1) is 5.56 Å². The van der Waals surface area contributed by atoms with Crippen molar-refractivity contribution in [2.24, 2.45) is 7.05 Å². The van der Waals surface area contributed by atoms with E-state index in [1.165, 1.54) is 19.4 Å². The zero-order valence-corrected chi connectivity index (χ0v) is 16.7. The van der Waals surface area contributed by atoms with Crippen molar-refractivity contribution >= 4 is 5.91 Å². The molecule has 0 aromatic carbocycles. The second-order valence-corrected chi connectivity index (χ2v) is 7.03. The molecule has 30 heavy (non-hydrogen) atoms. The van der Waals surface area contributed by atoms with Gasteiger partial charge in [0.2, 0.25) is 5.60 Å². The van der Waals surface area contributed by atoms with Crippen LogP contribution >= 0.6 is 0 Å². The Morgan fingerprint density at radius 2 is 1.93 bits per heavy atom. The van der Waals surface area contributed by atoms with Gasteiger partial charge in [-0.1, -0.05) is 6.07 Å². The minimum absolute atomic E-state index is 0.325. The van der Waals surface area contributed by atoms with Gasteiger partial charge < -0.3 is 19.6 Å². The zero-order chi connectivity index (χ0) is 22.1. The van der Waals surface area contributed by atoms with E-state index in [-0.39, 0.29) is 0 Å². The lowest BCUT2D eigenvalue weighted by Crippen LogP contribution is -2.46. The number of carbonyl (C=O) groups excluding carboxylic acids is 1. The topological polar surface area (TPSA) is 85.0 Å². The van der Waals surface area contributed by atoms with E-state index in [1.54, 1.807) is 35.9 Å². The average molecular weight is 421 g/mol. The minimum Gasteiger partial charge on any atom is -0.374 e. The average Bonchev–Trinajstić information content (AvgIpc) is 3.24. The Kier molecular flexibility index (Phi) is 5.71. The summed E-state index contributed by atoms with van der Waals surface area (Å²) in [6.07, 6.45) is -1.60. The van der Waals surface area contributed by atoms with Gasteiger partial charge >= 0.3 is 6.18 Å². The molecule has 3 aromatic heterocycles. The lowest BCUT2D eigenvalue weighted by atomic mass is 9.97. The van der Waals surface area contributed by atoms with Crippen molar-refractivity contribution in [2.75, 3.05) is 6.54 Å². The number of aromatic nitrogens is 4. The summed E-state index contributed by atoms with van der Waals surface area (Å²) >= 11 is 0. The number of aryl methyl sites for hydroxylation is 2. The number of halogens is 3. The molecule has 0 bridgehead atoms. The number of hydrogen-bond acceptors (Lipinski definition) is 4. The number of hydrogen-bond donors (Lipinski definition) is 2. The highest BCUT2D eigenvalue weighted by Gasteiger charge is 2.57.